The van der Waals surface area contributed by atoms with Gasteiger partial charge in [-0.3, -0.25) is 0 Å². The molecule has 0 aliphatic carbocycles. The summed E-state index contributed by atoms with van der Waals surface area (Å²) in [4.78, 5) is 1.10. The lowest BCUT2D eigenvalue weighted by Crippen LogP contribution is -2.13. The summed E-state index contributed by atoms with van der Waals surface area (Å²) < 4.78 is 32.2. The third kappa shape index (κ3) is 5.17. The minimum absolute atomic E-state index is 0.0979. The Bertz CT molecular complexity index is 919. The molecule has 0 aliphatic heterocycles. The highest BCUT2D eigenvalue weighted by atomic mass is 79.9. The molecule has 0 saturated heterocycles. The summed E-state index contributed by atoms with van der Waals surface area (Å²) in [5, 5.41) is 5.44. The Kier molecular flexibility index (Phi) is 6.80. The third-order valence-corrected chi connectivity index (χ3v) is 6.82. The molecule has 1 N–H and O–H groups in total. The van der Waals surface area contributed by atoms with Gasteiger partial charge in [-0.05, 0) is 47.6 Å². The largest absolute Gasteiger partial charge is 0.336 e. The van der Waals surface area contributed by atoms with Crippen LogP contribution in [0.2, 0.25) is 0 Å². The number of sulfonamides is 1. The molecule has 1 aromatic carbocycles. The maximum atomic E-state index is 12.2. The van der Waals surface area contributed by atoms with Gasteiger partial charge in [-0.1, -0.05) is 48.0 Å². The predicted octanol–water partition coefficient (Wildman–Crippen LogP) is 5.17. The average Bonchev–Trinajstić information content (AvgIpc) is 3.19. The molecule has 3 rings (SSSR count). The van der Waals surface area contributed by atoms with Crippen molar-refractivity contribution in [1.29, 1.82) is 0 Å². The molecule has 0 amide bonds. The Morgan fingerprint density at radius 2 is 1.88 bits per heavy atom. The predicted molar refractivity (Wildman–Crippen MR) is 105 cm³/mol. The van der Waals surface area contributed by atoms with Crippen molar-refractivity contribution in [2.75, 3.05) is 4.72 Å². The highest BCUT2D eigenvalue weighted by molar-refractivity contribution is 9.10. The van der Waals surface area contributed by atoms with Crippen molar-refractivity contribution < 1.29 is 12.9 Å². The lowest BCUT2D eigenvalue weighted by Gasteiger charge is -2.05. The van der Waals surface area contributed by atoms with E-state index in [1.54, 1.807) is 18.4 Å². The minimum Gasteiger partial charge on any atom is -0.336 e. The normalized spacial score (nSPS) is 10.9. The lowest BCUT2D eigenvalue weighted by atomic mass is 10.2. The van der Waals surface area contributed by atoms with Crippen molar-refractivity contribution in [2.45, 2.75) is 32.1 Å². The fraction of sp³-hybridized carbons (Fsp3) is 0.235. The van der Waals surface area contributed by atoms with Crippen LogP contribution in [0.4, 0.5) is 5.88 Å². The SMILES string of the molecule is CCc1sccc1S(=O)(=O)Nc1onc(C)c1Br.Cc1ccccc1. The number of rotatable bonds is 4. The molecular formula is C17H19BrN2O3S2. The molecule has 2 heterocycles. The van der Waals surface area contributed by atoms with Crippen molar-refractivity contribution >= 4 is 43.2 Å². The van der Waals surface area contributed by atoms with Crippen LogP contribution in [-0.4, -0.2) is 13.6 Å². The molecule has 0 spiro atoms. The fourth-order valence-corrected chi connectivity index (χ4v) is 4.80. The maximum absolute atomic E-state index is 12.2. The van der Waals surface area contributed by atoms with Crippen LogP contribution in [-0.2, 0) is 16.4 Å². The van der Waals surface area contributed by atoms with Crippen molar-refractivity contribution in [3.63, 3.8) is 0 Å². The van der Waals surface area contributed by atoms with Crippen LogP contribution in [0.3, 0.4) is 0 Å². The first-order valence-electron chi connectivity index (χ1n) is 7.57. The Balaban J connectivity index is 0.000000269. The van der Waals surface area contributed by atoms with Crippen LogP contribution in [0.1, 0.15) is 23.1 Å². The van der Waals surface area contributed by atoms with Gasteiger partial charge in [0.15, 0.2) is 0 Å². The number of aryl methyl sites for hydroxylation is 3. The second kappa shape index (κ2) is 8.64. The number of halogens is 1. The number of thiophene rings is 1. The molecule has 2 aromatic heterocycles. The van der Waals surface area contributed by atoms with E-state index in [9.17, 15) is 8.42 Å². The van der Waals surface area contributed by atoms with Gasteiger partial charge >= 0.3 is 0 Å². The molecule has 0 aliphatic rings. The van der Waals surface area contributed by atoms with Gasteiger partial charge in [0.1, 0.15) is 9.37 Å². The van der Waals surface area contributed by atoms with Crippen molar-refractivity contribution in [1.82, 2.24) is 5.16 Å². The van der Waals surface area contributed by atoms with Crippen LogP contribution in [0.25, 0.3) is 0 Å². The fourth-order valence-electron chi connectivity index (χ4n) is 1.96. The van der Waals surface area contributed by atoms with E-state index in [2.05, 4.69) is 44.9 Å². The maximum Gasteiger partial charge on any atom is 0.265 e. The van der Waals surface area contributed by atoms with E-state index in [4.69, 9.17) is 4.52 Å². The number of aromatic nitrogens is 1. The van der Waals surface area contributed by atoms with Crippen molar-refractivity contribution in [3.8, 4) is 0 Å². The van der Waals surface area contributed by atoms with Crippen LogP contribution < -0.4 is 4.72 Å². The highest BCUT2D eigenvalue weighted by Gasteiger charge is 2.22. The zero-order valence-electron chi connectivity index (χ0n) is 14.1. The number of nitrogens with zero attached hydrogens (tertiary/aromatic N) is 1. The van der Waals surface area contributed by atoms with E-state index in [0.717, 1.165) is 4.88 Å². The Hall–Kier alpha value is -1.64. The molecule has 0 atom stereocenters. The smallest absolute Gasteiger partial charge is 0.265 e. The molecule has 5 nitrogen and oxygen atoms in total. The monoisotopic (exact) mass is 442 g/mol. The average molecular weight is 443 g/mol. The standard InChI is InChI=1S/C10H11BrN2O3S2.C7H8/c1-3-7-8(4-5-17-7)18(14,15)13-10-9(11)6(2)12-16-10;1-7-5-3-2-4-6-7/h4-5,13H,3H2,1-2H3;2-6H,1H3. The molecule has 134 valence electrons. The van der Waals surface area contributed by atoms with Crippen LogP contribution >= 0.6 is 27.3 Å². The molecule has 0 saturated carbocycles. The van der Waals surface area contributed by atoms with Crippen LogP contribution in [0.15, 0.2) is 55.7 Å². The second-order valence-electron chi connectivity index (χ2n) is 5.23. The van der Waals surface area contributed by atoms with E-state index >= 15 is 0 Å². The summed E-state index contributed by atoms with van der Waals surface area (Å²) in [7, 11) is -3.63. The zero-order chi connectivity index (χ0) is 18.4. The molecule has 8 heteroatoms. The molecule has 0 bridgehead atoms. The number of nitrogens with one attached hydrogen (secondary N) is 1. The van der Waals surface area contributed by atoms with Gasteiger partial charge in [-0.15, -0.1) is 11.3 Å². The first-order valence-corrected chi connectivity index (χ1v) is 10.7. The van der Waals surface area contributed by atoms with Gasteiger partial charge in [0.2, 0.25) is 0 Å². The zero-order valence-corrected chi connectivity index (χ0v) is 17.3. The summed E-state index contributed by atoms with van der Waals surface area (Å²) in [6.07, 6.45) is 0.671. The first-order chi connectivity index (χ1) is 11.8. The van der Waals surface area contributed by atoms with Gasteiger partial charge in [0, 0.05) is 4.88 Å². The summed E-state index contributed by atoms with van der Waals surface area (Å²) >= 11 is 4.64. The lowest BCUT2D eigenvalue weighted by molar-refractivity contribution is 0.430. The minimum atomic E-state index is -3.63. The summed E-state index contributed by atoms with van der Waals surface area (Å²) in [5.41, 5.74) is 1.91. The van der Waals surface area contributed by atoms with E-state index < -0.39 is 10.0 Å². The third-order valence-electron chi connectivity index (χ3n) is 3.27. The van der Waals surface area contributed by atoms with Gasteiger partial charge < -0.3 is 4.52 Å². The van der Waals surface area contributed by atoms with E-state index in [0.29, 0.717) is 16.6 Å². The number of benzene rings is 1. The van der Waals surface area contributed by atoms with Gasteiger partial charge in [-0.2, -0.15) is 0 Å². The molecule has 0 fully saturated rings. The van der Waals surface area contributed by atoms with Crippen molar-refractivity contribution in [2.24, 2.45) is 0 Å². The summed E-state index contributed by atoms with van der Waals surface area (Å²) in [5.74, 6) is 0.0979. The quantitative estimate of drug-likeness (QED) is 0.604. The Morgan fingerprint density at radius 3 is 2.36 bits per heavy atom. The molecule has 25 heavy (non-hydrogen) atoms. The topological polar surface area (TPSA) is 72.2 Å². The van der Waals surface area contributed by atoms with Crippen LogP contribution in [0.5, 0.6) is 0 Å². The Labute approximate surface area is 160 Å². The van der Waals surface area contributed by atoms with E-state index in [1.807, 2.05) is 25.1 Å². The van der Waals surface area contributed by atoms with Crippen LogP contribution in [0, 0.1) is 13.8 Å². The molecular weight excluding hydrogens is 424 g/mol. The van der Waals surface area contributed by atoms with E-state index in [-0.39, 0.29) is 10.8 Å². The highest BCUT2D eigenvalue weighted by Crippen LogP contribution is 2.30. The van der Waals surface area contributed by atoms with Gasteiger partial charge in [0.25, 0.3) is 15.9 Å². The molecule has 3 aromatic rings. The molecule has 0 radical (unpaired) electrons. The summed E-state index contributed by atoms with van der Waals surface area (Å²) in [6.45, 7) is 5.72. The number of anilines is 1. The molecule has 0 unspecified atom stereocenters. The van der Waals surface area contributed by atoms with Gasteiger partial charge in [0.05, 0.1) is 5.69 Å². The first kappa shape index (κ1) is 19.7. The number of hydrogen-bond acceptors (Lipinski definition) is 5. The van der Waals surface area contributed by atoms with Crippen molar-refractivity contribution in [3.05, 3.63) is 62.4 Å². The summed E-state index contributed by atoms with van der Waals surface area (Å²) in [6, 6.07) is 11.8. The number of hydrogen-bond donors (Lipinski definition) is 1. The van der Waals surface area contributed by atoms with Gasteiger partial charge in [-0.25, -0.2) is 13.1 Å². The Morgan fingerprint density at radius 1 is 1.20 bits per heavy atom. The second-order valence-corrected chi connectivity index (χ2v) is 8.68. The van der Waals surface area contributed by atoms with E-state index in [1.165, 1.54) is 16.9 Å².